The highest BCUT2D eigenvalue weighted by Crippen LogP contribution is 2.34. The molecule has 9 nitrogen and oxygen atoms in total. The number of aryl methyl sites for hydroxylation is 1. The summed E-state index contributed by atoms with van der Waals surface area (Å²) >= 11 is 1.14. The summed E-state index contributed by atoms with van der Waals surface area (Å²) in [6, 6.07) is 18.2. The van der Waals surface area contributed by atoms with Crippen LogP contribution < -0.4 is 15.0 Å². The van der Waals surface area contributed by atoms with Gasteiger partial charge in [-0.15, -0.1) is 5.10 Å². The predicted molar refractivity (Wildman–Crippen MR) is 141 cm³/mol. The van der Waals surface area contributed by atoms with Gasteiger partial charge in [0.1, 0.15) is 11.0 Å². The van der Waals surface area contributed by atoms with Crippen molar-refractivity contribution < 1.29 is 24.5 Å². The first-order valence-corrected chi connectivity index (χ1v) is 11.9. The highest BCUT2D eigenvalue weighted by molar-refractivity contribution is 8.16. The zero-order valence-electron chi connectivity index (χ0n) is 19.6. The molecule has 4 rings (SSSR count). The summed E-state index contributed by atoms with van der Waals surface area (Å²) in [6.45, 7) is 1.96. The number of hydrogen-bond donors (Lipinski definition) is 3. The number of amidine groups is 1. The first kappa shape index (κ1) is 24.8. The fourth-order valence-electron chi connectivity index (χ4n) is 3.44. The number of hydrogen-bond acceptors (Lipinski definition) is 8. The average molecular weight is 505 g/mol. The van der Waals surface area contributed by atoms with Crippen LogP contribution >= 0.6 is 11.8 Å². The third kappa shape index (κ3) is 5.84. The number of thioether (sulfide) groups is 1. The minimum Gasteiger partial charge on any atom is -0.508 e. The van der Waals surface area contributed by atoms with Crippen LogP contribution in [0.3, 0.4) is 0 Å². The number of carbonyl (C=O) groups is 2. The number of benzene rings is 3. The van der Waals surface area contributed by atoms with E-state index in [0.29, 0.717) is 27.9 Å². The number of methoxy groups -OCH3 is 1. The van der Waals surface area contributed by atoms with Crippen LogP contribution in [0.5, 0.6) is 17.2 Å². The van der Waals surface area contributed by atoms with Crippen LogP contribution in [0.25, 0.3) is 0 Å². The molecule has 2 amide bonds. The van der Waals surface area contributed by atoms with E-state index in [9.17, 15) is 19.8 Å². The Morgan fingerprint density at radius 3 is 2.53 bits per heavy atom. The molecule has 0 radical (unpaired) electrons. The molecule has 1 saturated heterocycles. The molecule has 10 heteroatoms. The minimum atomic E-state index is -0.702. The fraction of sp³-hybridized carbons (Fsp3) is 0.154. The summed E-state index contributed by atoms with van der Waals surface area (Å²) in [7, 11) is 1.45. The molecular weight excluding hydrogens is 480 g/mol. The number of nitrogens with one attached hydrogen (secondary N) is 1. The Balaban J connectivity index is 1.55. The van der Waals surface area contributed by atoms with Gasteiger partial charge in [0.05, 0.1) is 19.0 Å². The van der Waals surface area contributed by atoms with E-state index < -0.39 is 5.25 Å². The quantitative estimate of drug-likeness (QED) is 0.326. The van der Waals surface area contributed by atoms with Gasteiger partial charge in [-0.2, -0.15) is 5.10 Å². The molecule has 3 N–H and O–H groups in total. The van der Waals surface area contributed by atoms with Gasteiger partial charge in [-0.05, 0) is 67.1 Å². The third-order valence-electron chi connectivity index (χ3n) is 5.30. The van der Waals surface area contributed by atoms with Gasteiger partial charge >= 0.3 is 0 Å². The molecule has 1 heterocycles. The van der Waals surface area contributed by atoms with Crippen LogP contribution in [-0.4, -0.2) is 45.8 Å². The number of anilines is 2. The van der Waals surface area contributed by atoms with Crippen molar-refractivity contribution in [2.45, 2.75) is 18.6 Å². The van der Waals surface area contributed by atoms with Gasteiger partial charge in [0.25, 0.3) is 0 Å². The second-order valence-electron chi connectivity index (χ2n) is 7.97. The van der Waals surface area contributed by atoms with Crippen LogP contribution in [0.1, 0.15) is 17.5 Å². The van der Waals surface area contributed by atoms with Crippen molar-refractivity contribution in [2.75, 3.05) is 17.3 Å². The molecule has 0 saturated carbocycles. The highest BCUT2D eigenvalue weighted by Gasteiger charge is 2.40. The van der Waals surface area contributed by atoms with Crippen molar-refractivity contribution in [3.8, 4) is 17.2 Å². The maximum Gasteiger partial charge on any atom is 0.247 e. The van der Waals surface area contributed by atoms with Crippen molar-refractivity contribution >= 4 is 46.3 Å². The van der Waals surface area contributed by atoms with Crippen LogP contribution in [-0.2, 0) is 9.59 Å². The van der Waals surface area contributed by atoms with E-state index in [1.807, 2.05) is 19.1 Å². The van der Waals surface area contributed by atoms with Crippen LogP contribution in [0, 0.1) is 6.92 Å². The molecule has 3 aromatic rings. The lowest BCUT2D eigenvalue weighted by Gasteiger charge is -2.16. The number of ether oxygens (including phenoxy) is 1. The van der Waals surface area contributed by atoms with Crippen molar-refractivity contribution in [1.82, 2.24) is 0 Å². The SMILES string of the molecule is COc1cc(/C=N/N=C2SC(CC(=O)Nc3ccc(C)cc3)C(=O)N2c2ccc(O)cc2)ccc1O. The molecule has 0 bridgehead atoms. The monoisotopic (exact) mass is 504 g/mol. The largest absolute Gasteiger partial charge is 0.508 e. The molecular formula is C26H24N4O5S. The summed E-state index contributed by atoms with van der Waals surface area (Å²) in [4.78, 5) is 27.3. The van der Waals surface area contributed by atoms with E-state index in [1.54, 1.807) is 36.4 Å². The van der Waals surface area contributed by atoms with Gasteiger partial charge in [0.2, 0.25) is 11.8 Å². The van der Waals surface area contributed by atoms with E-state index in [-0.39, 0.29) is 29.7 Å². The summed E-state index contributed by atoms with van der Waals surface area (Å²) in [5.74, 6) is -0.253. The molecule has 1 fully saturated rings. The Labute approximate surface area is 212 Å². The smallest absolute Gasteiger partial charge is 0.247 e. The number of phenols is 2. The van der Waals surface area contributed by atoms with Crippen LogP contribution in [0.4, 0.5) is 11.4 Å². The Hall–Kier alpha value is -4.31. The summed E-state index contributed by atoms with van der Waals surface area (Å²) < 4.78 is 5.10. The number of amides is 2. The van der Waals surface area contributed by atoms with E-state index in [4.69, 9.17) is 4.74 Å². The van der Waals surface area contributed by atoms with Crippen molar-refractivity contribution in [3.05, 3.63) is 77.9 Å². The Morgan fingerprint density at radius 1 is 1.11 bits per heavy atom. The fourth-order valence-corrected chi connectivity index (χ4v) is 4.53. The molecule has 3 aromatic carbocycles. The maximum absolute atomic E-state index is 13.3. The van der Waals surface area contributed by atoms with Crippen molar-refractivity contribution in [3.63, 3.8) is 0 Å². The number of carbonyl (C=O) groups excluding carboxylic acids is 2. The number of phenolic OH excluding ortho intramolecular Hbond substituents is 2. The van der Waals surface area contributed by atoms with Gasteiger partial charge in [-0.3, -0.25) is 14.5 Å². The van der Waals surface area contributed by atoms with Gasteiger partial charge in [-0.1, -0.05) is 29.5 Å². The average Bonchev–Trinajstić information content (AvgIpc) is 3.16. The van der Waals surface area contributed by atoms with Gasteiger partial charge < -0.3 is 20.3 Å². The lowest BCUT2D eigenvalue weighted by Crippen LogP contribution is -2.33. The van der Waals surface area contributed by atoms with Crippen LogP contribution in [0.15, 0.2) is 76.9 Å². The number of nitrogens with zero attached hydrogens (tertiary/aromatic N) is 3. The first-order valence-electron chi connectivity index (χ1n) is 11.0. The van der Waals surface area contributed by atoms with Gasteiger partial charge in [-0.25, -0.2) is 0 Å². The molecule has 1 aliphatic rings. The number of rotatable bonds is 7. The topological polar surface area (TPSA) is 124 Å². The lowest BCUT2D eigenvalue weighted by molar-refractivity contribution is -0.121. The normalized spacial score (nSPS) is 16.6. The zero-order chi connectivity index (χ0) is 25.7. The molecule has 1 aliphatic heterocycles. The minimum absolute atomic E-state index is 0.00294. The maximum atomic E-state index is 13.3. The van der Waals surface area contributed by atoms with E-state index in [2.05, 4.69) is 15.5 Å². The standard InChI is InChI=1S/C26H24N4O5S/c1-16-3-6-18(7-4-16)28-24(33)14-23-25(34)30(19-8-10-20(31)11-9-19)26(36-23)29-27-15-17-5-12-21(32)22(13-17)35-2/h3-13,15,23,31-32H,14H2,1-2H3,(H,28,33)/b27-15+,29-26?. The second-order valence-corrected chi connectivity index (χ2v) is 9.14. The van der Waals surface area contributed by atoms with Gasteiger partial charge in [0.15, 0.2) is 16.7 Å². The van der Waals surface area contributed by atoms with Crippen molar-refractivity contribution in [2.24, 2.45) is 10.2 Å². The Kier molecular flexibility index (Phi) is 7.55. The second kappa shape index (κ2) is 11.0. The Morgan fingerprint density at radius 2 is 1.83 bits per heavy atom. The molecule has 1 atom stereocenters. The third-order valence-corrected chi connectivity index (χ3v) is 6.43. The van der Waals surface area contributed by atoms with Crippen LogP contribution in [0.2, 0.25) is 0 Å². The molecule has 0 aromatic heterocycles. The summed E-state index contributed by atoms with van der Waals surface area (Å²) in [6.07, 6.45) is 1.41. The highest BCUT2D eigenvalue weighted by atomic mass is 32.2. The van der Waals surface area contributed by atoms with E-state index >= 15 is 0 Å². The predicted octanol–water partition coefficient (Wildman–Crippen LogP) is 4.28. The molecule has 0 spiro atoms. The molecule has 184 valence electrons. The molecule has 1 unspecified atom stereocenters. The zero-order valence-corrected chi connectivity index (χ0v) is 20.4. The summed E-state index contributed by atoms with van der Waals surface area (Å²) in [5.41, 5.74) is 2.85. The van der Waals surface area contributed by atoms with E-state index in [1.165, 1.54) is 36.4 Å². The van der Waals surface area contributed by atoms with Crippen molar-refractivity contribution in [1.29, 1.82) is 0 Å². The number of aromatic hydroxyl groups is 2. The molecule has 36 heavy (non-hydrogen) atoms. The molecule has 0 aliphatic carbocycles. The summed E-state index contributed by atoms with van der Waals surface area (Å²) in [5, 5.41) is 30.1. The Bertz CT molecular complexity index is 1320. The van der Waals surface area contributed by atoms with E-state index in [0.717, 1.165) is 17.3 Å². The van der Waals surface area contributed by atoms with Gasteiger partial charge in [0, 0.05) is 12.1 Å². The first-order chi connectivity index (χ1) is 17.3. The lowest BCUT2D eigenvalue weighted by atomic mass is 10.2.